The first kappa shape index (κ1) is 16.4. The summed E-state index contributed by atoms with van der Waals surface area (Å²) in [6.07, 6.45) is 9.80. The Hall–Kier alpha value is -0.550. The van der Waals surface area contributed by atoms with Gasteiger partial charge in [-0.25, -0.2) is 0 Å². The highest BCUT2D eigenvalue weighted by molar-refractivity contribution is 4.99. The molecule has 0 heterocycles. The SMILES string of the molecule is CCCCCCCCCC(O)C(C)(C#N)CC. The Bertz CT molecular complexity index is 221. The number of rotatable bonds is 10. The van der Waals surface area contributed by atoms with Gasteiger partial charge in [0.15, 0.2) is 0 Å². The molecule has 0 saturated carbocycles. The number of hydrogen-bond donors (Lipinski definition) is 1. The molecule has 0 bridgehead atoms. The molecule has 0 aliphatic carbocycles. The summed E-state index contributed by atoms with van der Waals surface area (Å²) in [6.45, 7) is 6.06. The lowest BCUT2D eigenvalue weighted by Gasteiger charge is -2.26. The van der Waals surface area contributed by atoms with E-state index in [1.165, 1.54) is 38.5 Å². The standard InChI is InChI=1S/C15H29NO/c1-4-6-7-8-9-10-11-12-14(17)15(3,5-2)13-16/h14,17H,4-12H2,1-3H3. The van der Waals surface area contributed by atoms with Crippen LogP contribution in [0.4, 0.5) is 0 Å². The Kier molecular flexibility index (Phi) is 9.17. The van der Waals surface area contributed by atoms with Crippen LogP contribution in [0.15, 0.2) is 0 Å². The Morgan fingerprint density at radius 1 is 1.06 bits per heavy atom. The maximum absolute atomic E-state index is 9.99. The van der Waals surface area contributed by atoms with Gasteiger partial charge < -0.3 is 5.11 Å². The van der Waals surface area contributed by atoms with Crippen LogP contribution >= 0.6 is 0 Å². The van der Waals surface area contributed by atoms with Gasteiger partial charge in [0.25, 0.3) is 0 Å². The van der Waals surface area contributed by atoms with Crippen LogP contribution < -0.4 is 0 Å². The summed E-state index contributed by atoms with van der Waals surface area (Å²) >= 11 is 0. The quantitative estimate of drug-likeness (QED) is 0.573. The largest absolute Gasteiger partial charge is 0.391 e. The van der Waals surface area contributed by atoms with Crippen molar-refractivity contribution < 1.29 is 5.11 Å². The van der Waals surface area contributed by atoms with E-state index in [1.807, 2.05) is 13.8 Å². The Morgan fingerprint density at radius 3 is 2.06 bits per heavy atom. The van der Waals surface area contributed by atoms with Crippen LogP contribution in [-0.2, 0) is 0 Å². The average molecular weight is 239 g/mol. The Labute approximate surface area is 107 Å². The summed E-state index contributed by atoms with van der Waals surface area (Å²) in [4.78, 5) is 0. The number of hydrogen-bond acceptors (Lipinski definition) is 2. The minimum Gasteiger partial charge on any atom is -0.391 e. The summed E-state index contributed by atoms with van der Waals surface area (Å²) in [5.41, 5.74) is -0.553. The first-order chi connectivity index (χ1) is 8.10. The fourth-order valence-corrected chi connectivity index (χ4v) is 2.00. The molecule has 2 atom stereocenters. The minimum absolute atomic E-state index is 0.465. The fourth-order valence-electron chi connectivity index (χ4n) is 2.00. The van der Waals surface area contributed by atoms with E-state index in [-0.39, 0.29) is 0 Å². The van der Waals surface area contributed by atoms with E-state index in [4.69, 9.17) is 5.26 Å². The smallest absolute Gasteiger partial charge is 0.0801 e. The molecule has 0 fully saturated rings. The summed E-state index contributed by atoms with van der Waals surface area (Å²) in [7, 11) is 0. The van der Waals surface area contributed by atoms with Crippen LogP contribution in [0.5, 0.6) is 0 Å². The maximum atomic E-state index is 9.99. The van der Waals surface area contributed by atoms with Gasteiger partial charge in [0.2, 0.25) is 0 Å². The molecule has 0 aliphatic heterocycles. The van der Waals surface area contributed by atoms with E-state index in [0.717, 1.165) is 19.3 Å². The zero-order valence-corrected chi connectivity index (χ0v) is 11.8. The maximum Gasteiger partial charge on any atom is 0.0801 e. The highest BCUT2D eigenvalue weighted by atomic mass is 16.3. The molecule has 0 spiro atoms. The molecule has 0 aromatic heterocycles. The lowest BCUT2D eigenvalue weighted by molar-refractivity contribution is 0.0623. The van der Waals surface area contributed by atoms with Crippen molar-refractivity contribution in [3.05, 3.63) is 0 Å². The van der Waals surface area contributed by atoms with E-state index >= 15 is 0 Å². The van der Waals surface area contributed by atoms with Crippen molar-refractivity contribution in [3.63, 3.8) is 0 Å². The molecule has 0 aliphatic rings. The van der Waals surface area contributed by atoms with Gasteiger partial charge in [-0.2, -0.15) is 5.26 Å². The molecule has 0 aromatic rings. The second-order valence-electron chi connectivity index (χ2n) is 5.31. The van der Waals surface area contributed by atoms with Crippen LogP contribution in [-0.4, -0.2) is 11.2 Å². The Morgan fingerprint density at radius 2 is 1.59 bits per heavy atom. The van der Waals surface area contributed by atoms with Crippen LogP contribution in [0.1, 0.15) is 78.6 Å². The van der Waals surface area contributed by atoms with Crippen molar-refractivity contribution in [1.82, 2.24) is 0 Å². The zero-order valence-electron chi connectivity index (χ0n) is 11.8. The van der Waals surface area contributed by atoms with Gasteiger partial charge in [-0.05, 0) is 19.8 Å². The molecule has 0 rings (SSSR count). The van der Waals surface area contributed by atoms with E-state index in [2.05, 4.69) is 13.0 Å². The van der Waals surface area contributed by atoms with Crippen LogP contribution in [0.2, 0.25) is 0 Å². The molecule has 100 valence electrons. The van der Waals surface area contributed by atoms with Crippen molar-refractivity contribution in [1.29, 1.82) is 5.26 Å². The molecule has 0 radical (unpaired) electrons. The normalized spacial score (nSPS) is 16.2. The van der Waals surface area contributed by atoms with E-state index < -0.39 is 11.5 Å². The van der Waals surface area contributed by atoms with Gasteiger partial charge in [-0.3, -0.25) is 0 Å². The summed E-state index contributed by atoms with van der Waals surface area (Å²) in [6, 6.07) is 2.25. The predicted molar refractivity (Wildman–Crippen MR) is 72.6 cm³/mol. The monoisotopic (exact) mass is 239 g/mol. The van der Waals surface area contributed by atoms with Crippen molar-refractivity contribution in [3.8, 4) is 6.07 Å². The van der Waals surface area contributed by atoms with Crippen molar-refractivity contribution >= 4 is 0 Å². The van der Waals surface area contributed by atoms with E-state index in [0.29, 0.717) is 0 Å². The molecule has 1 N–H and O–H groups in total. The van der Waals surface area contributed by atoms with E-state index in [1.54, 1.807) is 0 Å². The lowest BCUT2D eigenvalue weighted by atomic mass is 9.81. The molecular formula is C15H29NO. The second-order valence-corrected chi connectivity index (χ2v) is 5.31. The summed E-state index contributed by atoms with van der Waals surface area (Å²) in [5.74, 6) is 0. The topological polar surface area (TPSA) is 44.0 Å². The van der Waals surface area contributed by atoms with Gasteiger partial charge >= 0.3 is 0 Å². The van der Waals surface area contributed by atoms with Crippen LogP contribution in [0.3, 0.4) is 0 Å². The molecule has 2 nitrogen and oxygen atoms in total. The number of aliphatic hydroxyl groups excluding tert-OH is 1. The number of aliphatic hydroxyl groups is 1. The molecule has 2 heteroatoms. The molecule has 0 amide bonds. The summed E-state index contributed by atoms with van der Waals surface area (Å²) in [5, 5.41) is 19.0. The van der Waals surface area contributed by atoms with Crippen molar-refractivity contribution in [2.45, 2.75) is 84.7 Å². The zero-order chi connectivity index (χ0) is 13.1. The third kappa shape index (κ3) is 6.68. The number of nitrogens with zero attached hydrogens (tertiary/aromatic N) is 1. The minimum atomic E-state index is -0.553. The number of nitriles is 1. The van der Waals surface area contributed by atoms with Gasteiger partial charge in [0.05, 0.1) is 17.6 Å². The third-order valence-corrected chi connectivity index (χ3v) is 3.81. The summed E-state index contributed by atoms with van der Waals surface area (Å²) < 4.78 is 0. The first-order valence-electron chi connectivity index (χ1n) is 7.20. The number of unbranched alkanes of at least 4 members (excludes halogenated alkanes) is 6. The van der Waals surface area contributed by atoms with E-state index in [9.17, 15) is 5.11 Å². The molecule has 0 aromatic carbocycles. The predicted octanol–water partition coefficient (Wildman–Crippen LogP) is 4.43. The van der Waals surface area contributed by atoms with Gasteiger partial charge in [-0.15, -0.1) is 0 Å². The van der Waals surface area contributed by atoms with Gasteiger partial charge in [0.1, 0.15) is 0 Å². The van der Waals surface area contributed by atoms with Crippen LogP contribution in [0.25, 0.3) is 0 Å². The lowest BCUT2D eigenvalue weighted by Crippen LogP contribution is -2.30. The first-order valence-corrected chi connectivity index (χ1v) is 7.20. The van der Waals surface area contributed by atoms with Gasteiger partial charge in [0, 0.05) is 0 Å². The molecule has 0 saturated heterocycles. The third-order valence-electron chi connectivity index (χ3n) is 3.81. The van der Waals surface area contributed by atoms with Gasteiger partial charge in [-0.1, -0.05) is 58.8 Å². The second kappa shape index (κ2) is 9.48. The van der Waals surface area contributed by atoms with Crippen molar-refractivity contribution in [2.75, 3.05) is 0 Å². The molecular weight excluding hydrogens is 210 g/mol. The van der Waals surface area contributed by atoms with Crippen LogP contribution in [0, 0.1) is 16.7 Å². The fraction of sp³-hybridized carbons (Fsp3) is 0.933. The van der Waals surface area contributed by atoms with Crippen molar-refractivity contribution in [2.24, 2.45) is 5.41 Å². The molecule has 2 unspecified atom stereocenters. The molecule has 17 heavy (non-hydrogen) atoms. The Balaban J connectivity index is 3.58. The highest BCUT2D eigenvalue weighted by Crippen LogP contribution is 2.28. The average Bonchev–Trinajstić information content (AvgIpc) is 2.36. The highest BCUT2D eigenvalue weighted by Gasteiger charge is 2.30.